The normalized spacial score (nSPS) is 33.7. The van der Waals surface area contributed by atoms with Crippen LogP contribution >= 0.6 is 0 Å². The zero-order valence-electron chi connectivity index (χ0n) is 14.0. The summed E-state index contributed by atoms with van der Waals surface area (Å²) in [6.45, 7) is 6.42. The number of unbranched alkanes of at least 4 members (excludes halogenated alkanes) is 1. The van der Waals surface area contributed by atoms with E-state index in [4.69, 9.17) is 9.47 Å². The maximum Gasteiger partial charge on any atom is 0.157 e. The van der Waals surface area contributed by atoms with Gasteiger partial charge in [-0.3, -0.25) is 0 Å². The summed E-state index contributed by atoms with van der Waals surface area (Å²) in [7, 11) is 0. The van der Waals surface area contributed by atoms with Crippen molar-refractivity contribution in [3.63, 3.8) is 0 Å². The molecule has 0 aromatic heterocycles. The first kappa shape index (κ1) is 15.6. The Bertz CT molecular complexity index is 381. The van der Waals surface area contributed by atoms with Crippen LogP contribution in [0.25, 0.3) is 0 Å². The molecular formula is C19H32O2. The highest BCUT2D eigenvalue weighted by atomic mass is 16.7. The van der Waals surface area contributed by atoms with Crippen LogP contribution in [0.2, 0.25) is 0 Å². The standard InChI is InChI=1S/C19H32O2/c1-3-4-6-16-15(8-9-18-20-13-14-21-18)10-12-19(2)11-5-7-17(16)19/h15,18H,3-14H2,1-2H3/t15-,19-/m0/s1. The summed E-state index contributed by atoms with van der Waals surface area (Å²) in [5.74, 6) is 0.811. The van der Waals surface area contributed by atoms with Gasteiger partial charge in [-0.05, 0) is 69.1 Å². The summed E-state index contributed by atoms with van der Waals surface area (Å²) in [5.41, 5.74) is 4.27. The minimum atomic E-state index is 0.0827. The highest BCUT2D eigenvalue weighted by Crippen LogP contribution is 2.54. The molecule has 2 fully saturated rings. The molecule has 3 aliphatic rings. The summed E-state index contributed by atoms with van der Waals surface area (Å²) in [6, 6.07) is 0. The predicted molar refractivity (Wildman–Crippen MR) is 86.2 cm³/mol. The Morgan fingerprint density at radius 1 is 1.14 bits per heavy atom. The maximum atomic E-state index is 5.63. The molecule has 2 atom stereocenters. The van der Waals surface area contributed by atoms with Crippen molar-refractivity contribution < 1.29 is 9.47 Å². The Labute approximate surface area is 130 Å². The van der Waals surface area contributed by atoms with E-state index in [1.165, 1.54) is 57.8 Å². The van der Waals surface area contributed by atoms with Gasteiger partial charge in [0.15, 0.2) is 6.29 Å². The molecule has 3 rings (SSSR count). The van der Waals surface area contributed by atoms with Crippen LogP contribution in [0.5, 0.6) is 0 Å². The number of fused-ring (bicyclic) bond motifs is 1. The lowest BCUT2D eigenvalue weighted by atomic mass is 9.67. The third-order valence-corrected chi connectivity index (χ3v) is 6.05. The zero-order valence-corrected chi connectivity index (χ0v) is 14.0. The Balaban J connectivity index is 1.69. The van der Waals surface area contributed by atoms with Crippen molar-refractivity contribution in [2.45, 2.75) is 84.3 Å². The Kier molecular flexibility index (Phi) is 5.06. The molecule has 0 N–H and O–H groups in total. The molecule has 2 nitrogen and oxygen atoms in total. The van der Waals surface area contributed by atoms with Crippen LogP contribution < -0.4 is 0 Å². The number of hydrogen-bond acceptors (Lipinski definition) is 2. The van der Waals surface area contributed by atoms with Crippen LogP contribution in [0, 0.1) is 11.3 Å². The van der Waals surface area contributed by atoms with Gasteiger partial charge in [-0.2, -0.15) is 0 Å². The van der Waals surface area contributed by atoms with Gasteiger partial charge in [-0.1, -0.05) is 31.4 Å². The molecule has 1 heterocycles. The molecule has 2 aliphatic carbocycles. The van der Waals surface area contributed by atoms with Gasteiger partial charge >= 0.3 is 0 Å². The molecular weight excluding hydrogens is 260 g/mol. The zero-order chi connectivity index (χ0) is 14.7. The van der Waals surface area contributed by atoms with Crippen LogP contribution in [0.3, 0.4) is 0 Å². The second-order valence-corrected chi connectivity index (χ2v) is 7.51. The lowest BCUT2D eigenvalue weighted by molar-refractivity contribution is -0.0500. The second kappa shape index (κ2) is 6.83. The SMILES string of the molecule is CCCCC1=C2CCC[C@@]2(C)CC[C@@H]1CCC1OCCO1. The van der Waals surface area contributed by atoms with Crippen molar-refractivity contribution in [3.05, 3.63) is 11.1 Å². The molecule has 1 saturated carbocycles. The van der Waals surface area contributed by atoms with Gasteiger partial charge < -0.3 is 9.47 Å². The van der Waals surface area contributed by atoms with E-state index >= 15 is 0 Å². The van der Waals surface area contributed by atoms with Crippen molar-refractivity contribution in [1.82, 2.24) is 0 Å². The van der Waals surface area contributed by atoms with E-state index in [1.54, 1.807) is 0 Å². The van der Waals surface area contributed by atoms with Gasteiger partial charge in [0.2, 0.25) is 0 Å². The molecule has 2 heteroatoms. The van der Waals surface area contributed by atoms with Gasteiger partial charge in [0.1, 0.15) is 0 Å². The number of hydrogen-bond donors (Lipinski definition) is 0. The summed E-state index contributed by atoms with van der Waals surface area (Å²) >= 11 is 0. The summed E-state index contributed by atoms with van der Waals surface area (Å²) in [6.07, 6.45) is 13.5. The van der Waals surface area contributed by atoms with Crippen molar-refractivity contribution >= 4 is 0 Å². The lowest BCUT2D eigenvalue weighted by Gasteiger charge is -2.38. The third kappa shape index (κ3) is 3.37. The van der Waals surface area contributed by atoms with Crippen LogP contribution in [-0.4, -0.2) is 19.5 Å². The number of ether oxygens (including phenoxy) is 2. The highest BCUT2D eigenvalue weighted by molar-refractivity contribution is 5.29. The van der Waals surface area contributed by atoms with E-state index in [0.29, 0.717) is 5.41 Å². The van der Waals surface area contributed by atoms with Crippen LogP contribution in [0.4, 0.5) is 0 Å². The molecule has 0 spiro atoms. The first-order valence-corrected chi connectivity index (χ1v) is 9.18. The van der Waals surface area contributed by atoms with Gasteiger partial charge in [0.05, 0.1) is 13.2 Å². The van der Waals surface area contributed by atoms with Crippen molar-refractivity contribution in [2.75, 3.05) is 13.2 Å². The quantitative estimate of drug-likeness (QED) is 0.624. The monoisotopic (exact) mass is 292 g/mol. The number of allylic oxidation sites excluding steroid dienone is 2. The van der Waals surface area contributed by atoms with Crippen molar-refractivity contribution in [3.8, 4) is 0 Å². The van der Waals surface area contributed by atoms with Crippen LogP contribution in [0.15, 0.2) is 11.1 Å². The highest BCUT2D eigenvalue weighted by Gasteiger charge is 2.40. The van der Waals surface area contributed by atoms with Crippen LogP contribution in [0.1, 0.15) is 78.1 Å². The minimum Gasteiger partial charge on any atom is -0.350 e. The van der Waals surface area contributed by atoms with Gasteiger partial charge in [-0.15, -0.1) is 0 Å². The van der Waals surface area contributed by atoms with Crippen molar-refractivity contribution in [2.24, 2.45) is 11.3 Å². The van der Waals surface area contributed by atoms with E-state index in [0.717, 1.165) is 25.6 Å². The maximum absolute atomic E-state index is 5.63. The van der Waals surface area contributed by atoms with E-state index in [2.05, 4.69) is 13.8 Å². The average Bonchev–Trinajstić information content (AvgIpc) is 3.12. The Morgan fingerprint density at radius 3 is 2.71 bits per heavy atom. The summed E-state index contributed by atoms with van der Waals surface area (Å²) in [4.78, 5) is 0. The van der Waals surface area contributed by atoms with Crippen molar-refractivity contribution in [1.29, 1.82) is 0 Å². The predicted octanol–water partition coefficient (Wildman–Crippen LogP) is 5.23. The first-order chi connectivity index (χ1) is 10.2. The molecule has 0 amide bonds. The molecule has 0 bridgehead atoms. The molecule has 21 heavy (non-hydrogen) atoms. The number of rotatable bonds is 6. The topological polar surface area (TPSA) is 18.5 Å². The molecule has 0 aromatic carbocycles. The molecule has 1 aliphatic heterocycles. The minimum absolute atomic E-state index is 0.0827. The second-order valence-electron chi connectivity index (χ2n) is 7.51. The fourth-order valence-corrected chi connectivity index (χ4v) is 4.80. The van der Waals surface area contributed by atoms with Gasteiger partial charge in [0, 0.05) is 0 Å². The first-order valence-electron chi connectivity index (χ1n) is 9.18. The lowest BCUT2D eigenvalue weighted by Crippen LogP contribution is -2.26. The smallest absolute Gasteiger partial charge is 0.157 e. The molecule has 0 aromatic rings. The van der Waals surface area contributed by atoms with E-state index in [9.17, 15) is 0 Å². The van der Waals surface area contributed by atoms with Gasteiger partial charge in [-0.25, -0.2) is 0 Å². The molecule has 120 valence electrons. The van der Waals surface area contributed by atoms with Crippen LogP contribution in [-0.2, 0) is 9.47 Å². The fourth-order valence-electron chi connectivity index (χ4n) is 4.80. The van der Waals surface area contributed by atoms with E-state index in [-0.39, 0.29) is 6.29 Å². The fraction of sp³-hybridized carbons (Fsp3) is 0.895. The van der Waals surface area contributed by atoms with Gasteiger partial charge in [0.25, 0.3) is 0 Å². The summed E-state index contributed by atoms with van der Waals surface area (Å²) < 4.78 is 11.3. The largest absolute Gasteiger partial charge is 0.350 e. The molecule has 0 unspecified atom stereocenters. The molecule has 1 saturated heterocycles. The average molecular weight is 292 g/mol. The third-order valence-electron chi connectivity index (χ3n) is 6.05. The van der Waals surface area contributed by atoms with E-state index in [1.807, 2.05) is 11.1 Å². The summed E-state index contributed by atoms with van der Waals surface area (Å²) in [5, 5.41) is 0. The molecule has 0 radical (unpaired) electrons. The Morgan fingerprint density at radius 2 is 1.95 bits per heavy atom. The Hall–Kier alpha value is -0.340. The van der Waals surface area contributed by atoms with E-state index < -0.39 is 0 Å².